The number of hydrogen-bond donors (Lipinski definition) is 4. The van der Waals surface area contributed by atoms with E-state index in [-0.39, 0.29) is 5.75 Å². The van der Waals surface area contributed by atoms with Crippen molar-refractivity contribution in [3.63, 3.8) is 0 Å². The molecule has 0 aliphatic carbocycles. The van der Waals surface area contributed by atoms with E-state index in [0.717, 1.165) is 0 Å². The Morgan fingerprint density at radius 2 is 2.08 bits per heavy atom. The zero-order valence-corrected chi connectivity index (χ0v) is 14.6. The maximum absolute atomic E-state index is 10.0. The third-order valence-electron chi connectivity index (χ3n) is 3.63. The lowest BCUT2D eigenvalue weighted by Crippen LogP contribution is -2.17. The summed E-state index contributed by atoms with van der Waals surface area (Å²) in [4.78, 5) is 13.1. The SMILES string of the molecule is CC(O)CNc1nc(NCc2cccc(Cl)c2O)c2ncn(C)c2n1. The van der Waals surface area contributed by atoms with Crippen LogP contribution in [0.3, 0.4) is 0 Å². The van der Waals surface area contributed by atoms with E-state index in [9.17, 15) is 10.2 Å². The molecule has 2 aromatic heterocycles. The summed E-state index contributed by atoms with van der Waals surface area (Å²) >= 11 is 5.94. The molecule has 0 radical (unpaired) electrons. The minimum absolute atomic E-state index is 0.0374. The molecule has 0 saturated heterocycles. The van der Waals surface area contributed by atoms with Crippen molar-refractivity contribution in [2.75, 3.05) is 17.2 Å². The molecule has 8 nitrogen and oxygen atoms in total. The van der Waals surface area contributed by atoms with Gasteiger partial charge in [-0.15, -0.1) is 0 Å². The van der Waals surface area contributed by atoms with E-state index in [4.69, 9.17) is 11.6 Å². The number of rotatable bonds is 6. The molecule has 0 saturated carbocycles. The molecule has 0 spiro atoms. The summed E-state index contributed by atoms with van der Waals surface area (Å²) < 4.78 is 1.78. The van der Waals surface area contributed by atoms with Crippen molar-refractivity contribution in [3.05, 3.63) is 35.1 Å². The summed E-state index contributed by atoms with van der Waals surface area (Å²) in [6.45, 7) is 2.33. The Balaban J connectivity index is 1.90. The first kappa shape index (κ1) is 17.2. The highest BCUT2D eigenvalue weighted by Gasteiger charge is 2.13. The predicted molar refractivity (Wildman–Crippen MR) is 96.9 cm³/mol. The highest BCUT2D eigenvalue weighted by molar-refractivity contribution is 6.32. The summed E-state index contributed by atoms with van der Waals surface area (Å²) in [6.07, 6.45) is 1.13. The zero-order valence-electron chi connectivity index (χ0n) is 13.9. The van der Waals surface area contributed by atoms with Crippen molar-refractivity contribution in [1.82, 2.24) is 19.5 Å². The monoisotopic (exact) mass is 362 g/mol. The van der Waals surface area contributed by atoms with Crippen LogP contribution in [0.5, 0.6) is 5.75 Å². The number of aliphatic hydroxyl groups excluding tert-OH is 1. The lowest BCUT2D eigenvalue weighted by atomic mass is 10.2. The largest absolute Gasteiger partial charge is 0.506 e. The summed E-state index contributed by atoms with van der Waals surface area (Å²) in [5.74, 6) is 0.948. The van der Waals surface area contributed by atoms with Crippen molar-refractivity contribution < 1.29 is 10.2 Å². The van der Waals surface area contributed by atoms with Crippen LogP contribution >= 0.6 is 11.6 Å². The summed E-state index contributed by atoms with van der Waals surface area (Å²) in [6, 6.07) is 5.17. The quantitative estimate of drug-likeness (QED) is 0.532. The van der Waals surface area contributed by atoms with Crippen LogP contribution in [0.1, 0.15) is 12.5 Å². The van der Waals surface area contributed by atoms with Gasteiger partial charge in [0.2, 0.25) is 5.95 Å². The molecule has 132 valence electrons. The Labute approximate surface area is 149 Å². The summed E-state index contributed by atoms with van der Waals surface area (Å²) in [5.41, 5.74) is 1.92. The number of aliphatic hydroxyl groups is 1. The minimum atomic E-state index is -0.523. The number of aryl methyl sites for hydroxylation is 1. The standard InChI is InChI=1S/C16H19ClN6O2/c1-9(24)6-19-16-21-14(12-15(22-16)23(2)8-20-12)18-7-10-4-3-5-11(17)13(10)25/h3-5,8-9,24-25H,6-7H2,1-2H3,(H2,18,19,21,22). The Kier molecular flexibility index (Phi) is 4.91. The molecule has 0 amide bonds. The van der Waals surface area contributed by atoms with Crippen molar-refractivity contribution in [1.29, 1.82) is 0 Å². The van der Waals surface area contributed by atoms with Gasteiger partial charge in [-0.2, -0.15) is 9.97 Å². The van der Waals surface area contributed by atoms with Crippen LogP contribution < -0.4 is 10.6 Å². The van der Waals surface area contributed by atoms with E-state index in [1.165, 1.54) is 0 Å². The molecule has 2 heterocycles. The number of phenolic OH excluding ortho intramolecular Hbond substituents is 1. The number of fused-ring (bicyclic) bond motifs is 1. The molecule has 0 aliphatic rings. The molecule has 1 atom stereocenters. The first-order chi connectivity index (χ1) is 12.0. The molecule has 3 rings (SSSR count). The van der Waals surface area contributed by atoms with Crippen LogP contribution in [0.15, 0.2) is 24.5 Å². The lowest BCUT2D eigenvalue weighted by molar-refractivity contribution is 0.208. The fourth-order valence-corrected chi connectivity index (χ4v) is 2.52. The Morgan fingerprint density at radius 3 is 2.84 bits per heavy atom. The van der Waals surface area contributed by atoms with Crippen molar-refractivity contribution in [3.8, 4) is 5.75 Å². The second-order valence-corrected chi connectivity index (χ2v) is 6.16. The maximum atomic E-state index is 10.0. The average molecular weight is 363 g/mol. The molecule has 0 bridgehead atoms. The highest BCUT2D eigenvalue weighted by atomic mass is 35.5. The number of nitrogens with one attached hydrogen (secondary N) is 2. The van der Waals surface area contributed by atoms with Gasteiger partial charge in [0.1, 0.15) is 5.75 Å². The number of halogens is 1. The molecule has 25 heavy (non-hydrogen) atoms. The van der Waals surface area contributed by atoms with Gasteiger partial charge in [0, 0.05) is 25.7 Å². The van der Waals surface area contributed by atoms with Gasteiger partial charge in [-0.3, -0.25) is 0 Å². The van der Waals surface area contributed by atoms with Crippen molar-refractivity contribution >= 4 is 34.5 Å². The molecule has 3 aromatic rings. The summed E-state index contributed by atoms with van der Waals surface area (Å²) in [7, 11) is 1.84. The fourth-order valence-electron chi connectivity index (χ4n) is 2.33. The Morgan fingerprint density at radius 1 is 1.28 bits per heavy atom. The fraction of sp³-hybridized carbons (Fsp3) is 0.312. The van der Waals surface area contributed by atoms with Crippen LogP contribution in [-0.2, 0) is 13.6 Å². The van der Waals surface area contributed by atoms with Gasteiger partial charge in [-0.05, 0) is 13.0 Å². The molecular weight excluding hydrogens is 344 g/mol. The smallest absolute Gasteiger partial charge is 0.226 e. The van der Waals surface area contributed by atoms with E-state index < -0.39 is 6.10 Å². The van der Waals surface area contributed by atoms with Crippen molar-refractivity contribution in [2.24, 2.45) is 7.05 Å². The van der Waals surface area contributed by atoms with Gasteiger partial charge in [0.15, 0.2) is 17.0 Å². The van der Waals surface area contributed by atoms with E-state index >= 15 is 0 Å². The first-order valence-corrected chi connectivity index (χ1v) is 8.14. The number of nitrogens with zero attached hydrogens (tertiary/aromatic N) is 4. The topological polar surface area (TPSA) is 108 Å². The maximum Gasteiger partial charge on any atom is 0.226 e. The molecular formula is C16H19ClN6O2. The van der Waals surface area contributed by atoms with E-state index in [2.05, 4.69) is 25.6 Å². The van der Waals surface area contributed by atoms with Crippen LogP contribution in [0.25, 0.3) is 11.2 Å². The van der Waals surface area contributed by atoms with Gasteiger partial charge < -0.3 is 25.4 Å². The number of imidazole rings is 1. The highest BCUT2D eigenvalue weighted by Crippen LogP contribution is 2.28. The molecule has 1 unspecified atom stereocenters. The zero-order chi connectivity index (χ0) is 18.0. The third-order valence-corrected chi connectivity index (χ3v) is 3.94. The van der Waals surface area contributed by atoms with Crippen LogP contribution in [0.2, 0.25) is 5.02 Å². The van der Waals surface area contributed by atoms with Crippen LogP contribution in [0, 0.1) is 0 Å². The van der Waals surface area contributed by atoms with Gasteiger partial charge in [0.05, 0.1) is 17.5 Å². The molecule has 0 fully saturated rings. The van der Waals surface area contributed by atoms with Crippen molar-refractivity contribution in [2.45, 2.75) is 19.6 Å². The second-order valence-electron chi connectivity index (χ2n) is 5.75. The van der Waals surface area contributed by atoms with Gasteiger partial charge in [0.25, 0.3) is 0 Å². The van der Waals surface area contributed by atoms with Crippen LogP contribution in [0.4, 0.5) is 11.8 Å². The number of phenols is 1. The second kappa shape index (κ2) is 7.12. The number of aromatic nitrogens is 4. The Bertz CT molecular complexity index is 896. The first-order valence-electron chi connectivity index (χ1n) is 7.77. The molecule has 4 N–H and O–H groups in total. The molecule has 1 aromatic carbocycles. The molecule has 9 heteroatoms. The summed E-state index contributed by atoms with van der Waals surface area (Å²) in [5, 5.41) is 25.9. The predicted octanol–water partition coefficient (Wildman–Crippen LogP) is 2.13. The number of benzene rings is 1. The average Bonchev–Trinajstić information content (AvgIpc) is 2.95. The number of anilines is 2. The van der Waals surface area contributed by atoms with Gasteiger partial charge in [-0.25, -0.2) is 4.98 Å². The van der Waals surface area contributed by atoms with E-state index in [1.807, 2.05) is 7.05 Å². The number of aromatic hydroxyl groups is 1. The molecule has 0 aliphatic heterocycles. The minimum Gasteiger partial charge on any atom is -0.506 e. The number of para-hydroxylation sites is 1. The van der Waals surface area contributed by atoms with Gasteiger partial charge in [-0.1, -0.05) is 23.7 Å². The van der Waals surface area contributed by atoms with E-state index in [0.29, 0.717) is 46.6 Å². The lowest BCUT2D eigenvalue weighted by Gasteiger charge is -2.12. The number of hydrogen-bond acceptors (Lipinski definition) is 7. The van der Waals surface area contributed by atoms with Crippen LogP contribution in [-0.4, -0.2) is 42.4 Å². The normalized spacial score (nSPS) is 12.3. The Hall–Kier alpha value is -2.58. The third kappa shape index (κ3) is 3.75. The van der Waals surface area contributed by atoms with Gasteiger partial charge >= 0.3 is 0 Å². The van der Waals surface area contributed by atoms with E-state index in [1.54, 1.807) is 36.0 Å².